The van der Waals surface area contributed by atoms with Gasteiger partial charge in [0.15, 0.2) is 0 Å². The molecule has 4 unspecified atom stereocenters. The van der Waals surface area contributed by atoms with E-state index in [0.29, 0.717) is 0 Å². The van der Waals surface area contributed by atoms with Crippen LogP contribution in [0.25, 0.3) is 0 Å². The van der Waals surface area contributed by atoms with Gasteiger partial charge in [-0.15, -0.1) is 0 Å². The van der Waals surface area contributed by atoms with E-state index in [1.165, 1.54) is 64.2 Å². The third kappa shape index (κ3) is 3.59. The smallest absolute Gasteiger partial charge is 0.0382 e. The first kappa shape index (κ1) is 14.1. The zero-order valence-corrected chi connectivity index (χ0v) is 12.2. The van der Waals surface area contributed by atoms with E-state index in [1.807, 2.05) is 0 Å². The van der Waals surface area contributed by atoms with Crippen LogP contribution in [-0.2, 0) is 0 Å². The molecule has 18 heavy (non-hydrogen) atoms. The van der Waals surface area contributed by atoms with Crippen molar-refractivity contribution in [3.8, 4) is 0 Å². The molecule has 0 N–H and O–H groups in total. The molecule has 0 aromatic carbocycles. The standard InChI is InChI=1S/C17H31N/c1-3-14-7-8-16(14)10-12-17-11-9-15(17)6-4-5-13-18-2/h14-17H,2-13H2,1H3. The maximum atomic E-state index is 3.94. The van der Waals surface area contributed by atoms with Crippen molar-refractivity contribution in [3.63, 3.8) is 0 Å². The van der Waals surface area contributed by atoms with E-state index < -0.39 is 0 Å². The van der Waals surface area contributed by atoms with Crippen LogP contribution < -0.4 is 0 Å². The van der Waals surface area contributed by atoms with Crippen LogP contribution in [0.2, 0.25) is 0 Å². The third-order valence-corrected chi connectivity index (χ3v) is 5.72. The molecule has 0 saturated heterocycles. The van der Waals surface area contributed by atoms with Gasteiger partial charge in [0.1, 0.15) is 0 Å². The van der Waals surface area contributed by atoms with Gasteiger partial charge in [-0.3, -0.25) is 0 Å². The molecule has 0 aromatic rings. The lowest BCUT2D eigenvalue weighted by atomic mass is 9.65. The Balaban J connectivity index is 1.54. The van der Waals surface area contributed by atoms with Crippen molar-refractivity contribution in [1.82, 2.24) is 0 Å². The van der Waals surface area contributed by atoms with Crippen molar-refractivity contribution in [2.45, 2.75) is 71.1 Å². The lowest BCUT2D eigenvalue weighted by Crippen LogP contribution is -2.30. The molecular formula is C17H31N. The highest BCUT2D eigenvalue weighted by Gasteiger charge is 2.33. The van der Waals surface area contributed by atoms with Crippen molar-refractivity contribution in [3.05, 3.63) is 0 Å². The van der Waals surface area contributed by atoms with E-state index in [1.54, 1.807) is 0 Å². The van der Waals surface area contributed by atoms with Gasteiger partial charge in [0, 0.05) is 6.54 Å². The molecule has 2 aliphatic carbocycles. The van der Waals surface area contributed by atoms with Crippen molar-refractivity contribution in [2.24, 2.45) is 28.7 Å². The molecule has 0 aliphatic heterocycles. The Kier molecular flexibility index (Phi) is 5.72. The summed E-state index contributed by atoms with van der Waals surface area (Å²) in [5.74, 6) is 4.33. The molecule has 2 saturated carbocycles. The van der Waals surface area contributed by atoms with E-state index in [0.717, 1.165) is 30.2 Å². The predicted molar refractivity (Wildman–Crippen MR) is 80.2 cm³/mol. The van der Waals surface area contributed by atoms with Gasteiger partial charge in [0.05, 0.1) is 0 Å². The molecule has 2 fully saturated rings. The van der Waals surface area contributed by atoms with Gasteiger partial charge >= 0.3 is 0 Å². The quantitative estimate of drug-likeness (QED) is 0.398. The zero-order valence-electron chi connectivity index (χ0n) is 12.2. The summed E-state index contributed by atoms with van der Waals surface area (Å²) in [4.78, 5) is 3.94. The Labute approximate surface area is 113 Å². The highest BCUT2D eigenvalue weighted by molar-refractivity contribution is 5.22. The molecule has 4 atom stereocenters. The predicted octanol–water partition coefficient (Wildman–Crippen LogP) is 5.10. The topological polar surface area (TPSA) is 12.4 Å². The van der Waals surface area contributed by atoms with Gasteiger partial charge in [-0.05, 0) is 75.3 Å². The van der Waals surface area contributed by atoms with E-state index >= 15 is 0 Å². The van der Waals surface area contributed by atoms with Crippen LogP contribution >= 0.6 is 0 Å². The van der Waals surface area contributed by atoms with Crippen LogP contribution in [0.1, 0.15) is 71.1 Å². The van der Waals surface area contributed by atoms with Crippen molar-refractivity contribution >= 4 is 6.72 Å². The van der Waals surface area contributed by atoms with Crippen LogP contribution in [0.3, 0.4) is 0 Å². The number of rotatable bonds is 9. The molecule has 0 heterocycles. The summed E-state index contributed by atoms with van der Waals surface area (Å²) < 4.78 is 0. The van der Waals surface area contributed by atoms with Gasteiger partial charge in [-0.2, -0.15) is 0 Å². The number of hydrogen-bond acceptors (Lipinski definition) is 1. The summed E-state index contributed by atoms with van der Waals surface area (Å²) in [7, 11) is 0. The van der Waals surface area contributed by atoms with Crippen molar-refractivity contribution < 1.29 is 0 Å². The lowest BCUT2D eigenvalue weighted by molar-refractivity contribution is 0.102. The average Bonchev–Trinajstić information content (AvgIpc) is 2.32. The Hall–Kier alpha value is -0.330. The van der Waals surface area contributed by atoms with Gasteiger partial charge < -0.3 is 4.99 Å². The molecule has 2 aliphatic rings. The molecule has 1 nitrogen and oxygen atoms in total. The van der Waals surface area contributed by atoms with Crippen molar-refractivity contribution in [1.29, 1.82) is 0 Å². The maximum absolute atomic E-state index is 3.94. The number of unbranched alkanes of at least 4 members (excludes halogenated alkanes) is 1. The van der Waals surface area contributed by atoms with Crippen LogP contribution in [-0.4, -0.2) is 13.3 Å². The SMILES string of the molecule is C=NCCCCC1CCC1CCC1CCC1CC. The molecule has 0 aromatic heterocycles. The Morgan fingerprint density at radius 2 is 1.39 bits per heavy atom. The van der Waals surface area contributed by atoms with Gasteiger partial charge in [0.2, 0.25) is 0 Å². The molecule has 0 spiro atoms. The van der Waals surface area contributed by atoms with Gasteiger partial charge in [-0.25, -0.2) is 0 Å². The molecule has 104 valence electrons. The van der Waals surface area contributed by atoms with E-state index in [-0.39, 0.29) is 0 Å². The van der Waals surface area contributed by atoms with Crippen LogP contribution in [0.4, 0.5) is 0 Å². The first-order chi connectivity index (χ1) is 8.85. The normalized spacial score (nSPS) is 34.7. The second kappa shape index (κ2) is 7.31. The fraction of sp³-hybridized carbons (Fsp3) is 0.941. The van der Waals surface area contributed by atoms with Gasteiger partial charge in [0.25, 0.3) is 0 Å². The lowest BCUT2D eigenvalue weighted by Gasteiger charge is -2.41. The number of aliphatic imine (C=N–C) groups is 1. The largest absolute Gasteiger partial charge is 0.301 e. The average molecular weight is 249 g/mol. The first-order valence-corrected chi connectivity index (χ1v) is 8.27. The van der Waals surface area contributed by atoms with Gasteiger partial charge in [-0.1, -0.05) is 26.2 Å². The summed E-state index contributed by atoms with van der Waals surface area (Å²) in [6, 6.07) is 0. The Bertz CT molecular complexity index is 246. The van der Waals surface area contributed by atoms with Crippen molar-refractivity contribution in [2.75, 3.05) is 6.54 Å². The molecule has 2 rings (SSSR count). The minimum Gasteiger partial charge on any atom is -0.301 e. The Morgan fingerprint density at radius 1 is 0.833 bits per heavy atom. The summed E-state index contributed by atoms with van der Waals surface area (Å²) in [6.07, 6.45) is 14.7. The maximum Gasteiger partial charge on any atom is 0.0382 e. The Morgan fingerprint density at radius 3 is 1.89 bits per heavy atom. The second-order valence-electron chi connectivity index (χ2n) is 6.62. The first-order valence-electron chi connectivity index (χ1n) is 8.27. The molecule has 0 radical (unpaired) electrons. The number of hydrogen-bond donors (Lipinski definition) is 0. The summed E-state index contributed by atoms with van der Waals surface area (Å²) >= 11 is 0. The summed E-state index contributed by atoms with van der Waals surface area (Å²) in [5, 5.41) is 0. The molecule has 1 heteroatoms. The summed E-state index contributed by atoms with van der Waals surface area (Å²) in [5.41, 5.74) is 0. The molecular weight excluding hydrogens is 218 g/mol. The van der Waals surface area contributed by atoms with E-state index in [4.69, 9.17) is 0 Å². The third-order valence-electron chi connectivity index (χ3n) is 5.72. The zero-order chi connectivity index (χ0) is 12.8. The fourth-order valence-corrected chi connectivity index (χ4v) is 4.01. The second-order valence-corrected chi connectivity index (χ2v) is 6.62. The minimum absolute atomic E-state index is 0.970. The number of nitrogens with zero attached hydrogens (tertiary/aromatic N) is 1. The molecule has 0 amide bonds. The molecule has 0 bridgehead atoms. The monoisotopic (exact) mass is 249 g/mol. The van der Waals surface area contributed by atoms with Crippen LogP contribution in [0, 0.1) is 23.7 Å². The fourth-order valence-electron chi connectivity index (χ4n) is 4.01. The van der Waals surface area contributed by atoms with Crippen LogP contribution in [0.15, 0.2) is 4.99 Å². The minimum atomic E-state index is 0.970. The van der Waals surface area contributed by atoms with Crippen LogP contribution in [0.5, 0.6) is 0 Å². The highest BCUT2D eigenvalue weighted by Crippen LogP contribution is 2.45. The summed E-state index contributed by atoms with van der Waals surface area (Å²) in [6.45, 7) is 6.90. The highest BCUT2D eigenvalue weighted by atomic mass is 14.7. The van der Waals surface area contributed by atoms with E-state index in [2.05, 4.69) is 18.6 Å². The van der Waals surface area contributed by atoms with E-state index in [9.17, 15) is 0 Å².